The molecule has 1 unspecified atom stereocenters. The number of piperidine rings is 1. The number of aromatic nitrogens is 2. The first-order valence-electron chi connectivity index (χ1n) is 5.20. The second kappa shape index (κ2) is 4.69. The third-order valence-electron chi connectivity index (χ3n) is 2.62. The van der Waals surface area contributed by atoms with Crippen molar-refractivity contribution in [3.8, 4) is 0 Å². The van der Waals surface area contributed by atoms with E-state index in [1.807, 2.05) is 4.90 Å². The van der Waals surface area contributed by atoms with Crippen LogP contribution in [0, 0.1) is 0 Å². The molecule has 1 atom stereocenters. The van der Waals surface area contributed by atoms with E-state index in [1.165, 1.54) is 6.07 Å². The number of nitrogens with zero attached hydrogens (tertiary/aromatic N) is 3. The Morgan fingerprint density at radius 2 is 2.25 bits per heavy atom. The predicted octanol–water partition coefficient (Wildman–Crippen LogP) is 1.38. The Bertz CT molecular complexity index is 362. The first-order valence-corrected chi connectivity index (χ1v) is 5.20. The Labute approximate surface area is 91.9 Å². The average Bonchev–Trinajstić information content (AvgIpc) is 2.29. The van der Waals surface area contributed by atoms with Crippen molar-refractivity contribution in [2.45, 2.75) is 25.4 Å². The van der Waals surface area contributed by atoms with Gasteiger partial charge in [0.15, 0.2) is 0 Å². The van der Waals surface area contributed by atoms with Gasteiger partial charge in [-0.3, -0.25) is 0 Å². The second-order valence-corrected chi connectivity index (χ2v) is 3.84. The highest BCUT2D eigenvalue weighted by Crippen LogP contribution is 2.22. The molecule has 0 saturated carbocycles. The maximum Gasteiger partial charge on any atom is 0.280 e. The zero-order valence-corrected chi connectivity index (χ0v) is 8.68. The van der Waals surface area contributed by atoms with Crippen molar-refractivity contribution < 1.29 is 13.9 Å². The zero-order valence-electron chi connectivity index (χ0n) is 8.68. The van der Waals surface area contributed by atoms with Crippen LogP contribution in [0.4, 0.5) is 14.6 Å². The predicted molar refractivity (Wildman–Crippen MR) is 54.4 cm³/mol. The van der Waals surface area contributed by atoms with Crippen LogP contribution in [0.25, 0.3) is 0 Å². The van der Waals surface area contributed by atoms with Gasteiger partial charge < -0.3 is 10.0 Å². The highest BCUT2D eigenvalue weighted by atomic mass is 19.3. The fraction of sp³-hybridized carbons (Fsp3) is 0.600. The van der Waals surface area contributed by atoms with Crippen LogP contribution in [0.15, 0.2) is 12.4 Å². The minimum atomic E-state index is -2.59. The van der Waals surface area contributed by atoms with Crippen molar-refractivity contribution in [1.82, 2.24) is 9.97 Å². The van der Waals surface area contributed by atoms with Gasteiger partial charge in [-0.05, 0) is 12.8 Å². The highest BCUT2D eigenvalue weighted by molar-refractivity contribution is 5.39. The van der Waals surface area contributed by atoms with Gasteiger partial charge in [0.2, 0.25) is 0 Å². The number of alkyl halides is 2. The van der Waals surface area contributed by atoms with Crippen molar-refractivity contribution in [3.63, 3.8) is 0 Å². The number of β-amino-alcohol motifs (C(OH)–C–C–N with tert-alkyl or cyclic N) is 1. The van der Waals surface area contributed by atoms with E-state index in [0.29, 0.717) is 12.4 Å². The quantitative estimate of drug-likeness (QED) is 0.832. The van der Waals surface area contributed by atoms with E-state index >= 15 is 0 Å². The molecule has 4 nitrogen and oxygen atoms in total. The van der Waals surface area contributed by atoms with E-state index < -0.39 is 12.5 Å². The molecule has 0 spiro atoms. The molecular weight excluding hydrogens is 216 g/mol. The SMILES string of the molecule is OC1CCCN(c2cc(C(F)F)ncn2)C1. The summed E-state index contributed by atoms with van der Waals surface area (Å²) < 4.78 is 24.9. The highest BCUT2D eigenvalue weighted by Gasteiger charge is 2.20. The molecule has 16 heavy (non-hydrogen) atoms. The summed E-state index contributed by atoms with van der Waals surface area (Å²) in [6.07, 6.45) is -0.258. The number of aliphatic hydroxyl groups is 1. The van der Waals surface area contributed by atoms with Gasteiger partial charge in [-0.25, -0.2) is 18.7 Å². The number of rotatable bonds is 2. The molecule has 0 aliphatic carbocycles. The fourth-order valence-electron chi connectivity index (χ4n) is 1.82. The molecule has 0 aromatic carbocycles. The van der Waals surface area contributed by atoms with Gasteiger partial charge in [0.1, 0.15) is 17.8 Å². The van der Waals surface area contributed by atoms with Gasteiger partial charge in [-0.15, -0.1) is 0 Å². The third kappa shape index (κ3) is 2.44. The molecule has 1 fully saturated rings. The summed E-state index contributed by atoms with van der Waals surface area (Å²) in [6.45, 7) is 1.18. The summed E-state index contributed by atoms with van der Waals surface area (Å²) >= 11 is 0. The van der Waals surface area contributed by atoms with E-state index in [2.05, 4.69) is 9.97 Å². The van der Waals surface area contributed by atoms with E-state index in [1.54, 1.807) is 0 Å². The van der Waals surface area contributed by atoms with Crippen LogP contribution >= 0.6 is 0 Å². The fourth-order valence-corrected chi connectivity index (χ4v) is 1.82. The maximum absolute atomic E-state index is 12.4. The summed E-state index contributed by atoms with van der Waals surface area (Å²) in [7, 11) is 0. The smallest absolute Gasteiger partial charge is 0.280 e. The average molecular weight is 229 g/mol. The van der Waals surface area contributed by atoms with Crippen molar-refractivity contribution >= 4 is 5.82 Å². The largest absolute Gasteiger partial charge is 0.391 e. The second-order valence-electron chi connectivity index (χ2n) is 3.84. The lowest BCUT2D eigenvalue weighted by atomic mass is 10.1. The monoisotopic (exact) mass is 229 g/mol. The van der Waals surface area contributed by atoms with Crippen LogP contribution in [-0.4, -0.2) is 34.3 Å². The van der Waals surface area contributed by atoms with E-state index in [9.17, 15) is 13.9 Å². The lowest BCUT2D eigenvalue weighted by Gasteiger charge is -2.30. The maximum atomic E-state index is 12.4. The Hall–Kier alpha value is -1.30. The summed E-state index contributed by atoms with van der Waals surface area (Å²) in [5.74, 6) is 0.462. The summed E-state index contributed by atoms with van der Waals surface area (Å²) in [4.78, 5) is 9.26. The van der Waals surface area contributed by atoms with Crippen LogP contribution in [-0.2, 0) is 0 Å². The van der Waals surface area contributed by atoms with E-state index in [4.69, 9.17) is 0 Å². The number of halogens is 2. The van der Waals surface area contributed by atoms with Gasteiger partial charge in [0.25, 0.3) is 6.43 Å². The Balaban J connectivity index is 2.16. The molecule has 1 aliphatic rings. The third-order valence-corrected chi connectivity index (χ3v) is 2.62. The van der Waals surface area contributed by atoms with Gasteiger partial charge in [0.05, 0.1) is 6.10 Å². The zero-order chi connectivity index (χ0) is 11.5. The van der Waals surface area contributed by atoms with Crippen LogP contribution in [0.3, 0.4) is 0 Å². The first-order chi connectivity index (χ1) is 7.66. The van der Waals surface area contributed by atoms with Crippen LogP contribution in [0.2, 0.25) is 0 Å². The molecule has 1 N–H and O–H groups in total. The Morgan fingerprint density at radius 3 is 2.94 bits per heavy atom. The first kappa shape index (κ1) is 11.2. The van der Waals surface area contributed by atoms with Crippen molar-refractivity contribution in [2.75, 3.05) is 18.0 Å². The van der Waals surface area contributed by atoms with Crippen molar-refractivity contribution in [3.05, 3.63) is 18.1 Å². The van der Waals surface area contributed by atoms with Gasteiger partial charge in [0, 0.05) is 19.2 Å². The minimum absolute atomic E-state index is 0.273. The van der Waals surface area contributed by atoms with Gasteiger partial charge in [-0.2, -0.15) is 0 Å². The summed E-state index contributed by atoms with van der Waals surface area (Å²) in [5.41, 5.74) is -0.273. The molecule has 6 heteroatoms. The Morgan fingerprint density at radius 1 is 1.44 bits per heavy atom. The molecule has 1 aromatic heterocycles. The van der Waals surface area contributed by atoms with Crippen molar-refractivity contribution in [1.29, 1.82) is 0 Å². The minimum Gasteiger partial charge on any atom is -0.391 e. The molecule has 1 aliphatic heterocycles. The topological polar surface area (TPSA) is 49.2 Å². The van der Waals surface area contributed by atoms with Gasteiger partial charge >= 0.3 is 0 Å². The lowest BCUT2D eigenvalue weighted by Crippen LogP contribution is -2.38. The molecule has 0 amide bonds. The molecule has 88 valence electrons. The van der Waals surface area contributed by atoms with Crippen molar-refractivity contribution in [2.24, 2.45) is 0 Å². The van der Waals surface area contributed by atoms with Gasteiger partial charge in [-0.1, -0.05) is 0 Å². The van der Waals surface area contributed by atoms with Crippen LogP contribution < -0.4 is 4.90 Å². The summed E-state index contributed by atoms with van der Waals surface area (Å²) in [6, 6.07) is 1.28. The Kier molecular flexibility index (Phi) is 3.28. The van der Waals surface area contributed by atoms with E-state index in [-0.39, 0.29) is 5.69 Å². The molecular formula is C10H13F2N3O. The molecule has 2 rings (SSSR count). The van der Waals surface area contributed by atoms with E-state index in [0.717, 1.165) is 25.7 Å². The van der Waals surface area contributed by atoms with Crippen LogP contribution in [0.5, 0.6) is 0 Å². The molecule has 2 heterocycles. The number of hydrogen-bond acceptors (Lipinski definition) is 4. The standard InChI is InChI=1S/C10H13F2N3O/c11-10(12)8-4-9(14-6-13-8)15-3-1-2-7(16)5-15/h4,6-7,10,16H,1-3,5H2. The molecule has 1 saturated heterocycles. The number of aliphatic hydroxyl groups excluding tert-OH is 1. The summed E-state index contributed by atoms with van der Waals surface area (Å²) in [5, 5.41) is 9.49. The molecule has 1 aromatic rings. The van der Waals surface area contributed by atoms with Crippen LogP contribution in [0.1, 0.15) is 25.0 Å². The number of anilines is 1. The number of hydrogen-bond donors (Lipinski definition) is 1. The molecule has 0 bridgehead atoms. The normalized spacial score (nSPS) is 21.5. The lowest BCUT2D eigenvalue weighted by molar-refractivity contribution is 0.145. The molecule has 0 radical (unpaired) electrons.